The Morgan fingerprint density at radius 3 is 2.55 bits per heavy atom. The fourth-order valence-electron chi connectivity index (χ4n) is 9.20. The van der Waals surface area contributed by atoms with Crippen LogP contribution in [0.25, 0.3) is 0 Å². The maximum absolute atomic E-state index is 13.4. The van der Waals surface area contributed by atoms with Crippen LogP contribution in [0.4, 0.5) is 13.2 Å². The van der Waals surface area contributed by atoms with Gasteiger partial charge in [-0.05, 0) is 99.2 Å². The van der Waals surface area contributed by atoms with Gasteiger partial charge in [0.05, 0.1) is 18.7 Å². The lowest BCUT2D eigenvalue weighted by Crippen LogP contribution is -2.52. The van der Waals surface area contributed by atoms with Crippen molar-refractivity contribution in [3.8, 4) is 0 Å². The summed E-state index contributed by atoms with van der Waals surface area (Å²) in [4.78, 5) is 13.4. The molecule has 186 valence electrons. The highest BCUT2D eigenvalue weighted by atomic mass is 19.4. The third-order valence-electron chi connectivity index (χ3n) is 10.5. The Labute approximate surface area is 195 Å². The molecule has 4 saturated carbocycles. The van der Waals surface area contributed by atoms with Crippen LogP contribution >= 0.6 is 0 Å². The minimum Gasteiger partial charge on any atom is -0.390 e. The van der Waals surface area contributed by atoms with E-state index < -0.39 is 17.7 Å². The van der Waals surface area contributed by atoms with Crippen LogP contribution in [0.15, 0.2) is 5.10 Å². The molecule has 0 aromatic rings. The van der Waals surface area contributed by atoms with Gasteiger partial charge in [0, 0.05) is 12.1 Å². The lowest BCUT2D eigenvalue weighted by Gasteiger charge is -2.57. The number of rotatable bonds is 3. The normalized spacial score (nSPS) is 49.5. The molecule has 0 spiro atoms. The van der Waals surface area contributed by atoms with Gasteiger partial charge < -0.3 is 5.11 Å². The highest BCUT2D eigenvalue weighted by molar-refractivity contribution is 5.84. The van der Waals surface area contributed by atoms with Gasteiger partial charge in [-0.15, -0.1) is 0 Å². The average Bonchev–Trinajstić information content (AvgIpc) is 3.29. The quantitative estimate of drug-likeness (QED) is 0.611. The van der Waals surface area contributed by atoms with Gasteiger partial charge >= 0.3 is 6.18 Å². The van der Waals surface area contributed by atoms with E-state index in [2.05, 4.69) is 18.9 Å². The number of hydrogen-bond donors (Lipinski definition) is 1. The van der Waals surface area contributed by atoms with Crippen molar-refractivity contribution in [1.82, 2.24) is 5.01 Å². The molecule has 0 saturated heterocycles. The number of nitrogens with zero attached hydrogens (tertiary/aromatic N) is 2. The van der Waals surface area contributed by atoms with Crippen molar-refractivity contribution in [2.75, 3.05) is 13.1 Å². The second-order valence-electron chi connectivity index (χ2n) is 12.6. The highest BCUT2D eigenvalue weighted by Gasteiger charge is 2.61. The van der Waals surface area contributed by atoms with E-state index in [4.69, 9.17) is 0 Å². The summed E-state index contributed by atoms with van der Waals surface area (Å²) in [5, 5.41) is 15.8. The molecule has 9 unspecified atom stereocenters. The van der Waals surface area contributed by atoms with E-state index in [9.17, 15) is 23.1 Å². The molecular weight excluding hydrogens is 429 g/mol. The molecule has 0 aromatic heterocycles. The molecule has 5 aliphatic rings. The second kappa shape index (κ2) is 7.96. The zero-order valence-corrected chi connectivity index (χ0v) is 20.2. The Morgan fingerprint density at radius 1 is 1.12 bits per heavy atom. The Bertz CT molecular complexity index is 812. The topological polar surface area (TPSA) is 52.9 Å². The molecule has 5 rings (SSSR count). The maximum Gasteiger partial charge on any atom is 0.398 e. The molecule has 0 radical (unpaired) electrons. The number of Topliss-reactive ketones (excluding diaryl/α,β-unsaturated/α-hetero) is 1. The van der Waals surface area contributed by atoms with Crippen molar-refractivity contribution in [2.24, 2.45) is 57.9 Å². The van der Waals surface area contributed by atoms with E-state index in [1.165, 1.54) is 17.9 Å². The summed E-state index contributed by atoms with van der Waals surface area (Å²) in [6, 6.07) is 0. The molecule has 1 N–H and O–H groups in total. The van der Waals surface area contributed by atoms with Crippen molar-refractivity contribution in [2.45, 2.75) is 83.9 Å². The number of alkyl halides is 3. The third-order valence-corrected chi connectivity index (χ3v) is 10.5. The van der Waals surface area contributed by atoms with Crippen LogP contribution in [0.3, 0.4) is 0 Å². The first-order valence-electron chi connectivity index (χ1n) is 13.0. The Hall–Kier alpha value is -1.11. The number of fused-ring (bicyclic) bond motifs is 5. The van der Waals surface area contributed by atoms with Crippen LogP contribution in [-0.4, -0.2) is 47.0 Å². The molecule has 0 aromatic carbocycles. The maximum atomic E-state index is 13.4. The molecule has 33 heavy (non-hydrogen) atoms. The fourth-order valence-corrected chi connectivity index (χ4v) is 9.20. The van der Waals surface area contributed by atoms with Crippen molar-refractivity contribution < 1.29 is 23.1 Å². The number of halogens is 3. The van der Waals surface area contributed by atoms with Crippen LogP contribution in [0, 0.1) is 52.8 Å². The van der Waals surface area contributed by atoms with Gasteiger partial charge in [0.2, 0.25) is 0 Å². The average molecular weight is 469 g/mol. The van der Waals surface area contributed by atoms with Crippen LogP contribution in [0.1, 0.15) is 72.1 Å². The van der Waals surface area contributed by atoms with Gasteiger partial charge in [-0.2, -0.15) is 18.3 Å². The fraction of sp³-hybridized carbons (Fsp3) is 0.923. The van der Waals surface area contributed by atoms with Crippen molar-refractivity contribution in [1.29, 1.82) is 0 Å². The summed E-state index contributed by atoms with van der Waals surface area (Å²) in [5.74, 6) is 2.07. The summed E-state index contributed by atoms with van der Waals surface area (Å²) >= 11 is 0. The van der Waals surface area contributed by atoms with Crippen molar-refractivity contribution in [3.63, 3.8) is 0 Å². The first-order chi connectivity index (χ1) is 15.4. The molecule has 7 heteroatoms. The smallest absolute Gasteiger partial charge is 0.390 e. The van der Waals surface area contributed by atoms with Crippen LogP contribution in [0.5, 0.6) is 0 Å². The van der Waals surface area contributed by atoms with E-state index in [0.717, 1.165) is 44.7 Å². The Morgan fingerprint density at radius 2 is 1.85 bits per heavy atom. The minimum atomic E-state index is -4.30. The van der Waals surface area contributed by atoms with Gasteiger partial charge in [0.15, 0.2) is 5.78 Å². The molecule has 4 aliphatic carbocycles. The number of carbonyl (C=O) groups excluding carboxylic acids is 1. The van der Waals surface area contributed by atoms with E-state index in [1.807, 2.05) is 6.92 Å². The summed E-state index contributed by atoms with van der Waals surface area (Å²) in [7, 11) is 0. The van der Waals surface area contributed by atoms with Crippen LogP contribution in [-0.2, 0) is 4.79 Å². The molecule has 0 bridgehead atoms. The Kier molecular flexibility index (Phi) is 5.70. The van der Waals surface area contributed by atoms with Crippen molar-refractivity contribution in [3.05, 3.63) is 0 Å². The monoisotopic (exact) mass is 468 g/mol. The molecule has 4 nitrogen and oxygen atoms in total. The Balaban J connectivity index is 1.28. The summed E-state index contributed by atoms with van der Waals surface area (Å²) in [6.45, 7) is 6.34. The third kappa shape index (κ3) is 4.04. The highest BCUT2D eigenvalue weighted by Crippen LogP contribution is 2.66. The first kappa shape index (κ1) is 23.6. The van der Waals surface area contributed by atoms with Gasteiger partial charge in [-0.3, -0.25) is 9.80 Å². The molecular formula is C26H39F3N2O2. The standard InChI is InChI=1S/C26H39F3N2O2/c1-15-10-21(22(32)14-31-13-17(12-30-31)26(27,28)29)25(3)9-7-19-18-6-8-24(2,33)11-16(18)4-5-20(19)23(15)25/h12,15-21,23,33H,4-11,13-14H2,1-3H3/t15?,16?,17?,18?,19?,20?,21?,23?,24-,25?/m1/s1. The van der Waals surface area contributed by atoms with Gasteiger partial charge in [0.25, 0.3) is 0 Å². The first-order valence-corrected chi connectivity index (χ1v) is 13.0. The number of carbonyl (C=O) groups is 1. The van der Waals surface area contributed by atoms with E-state index in [-0.39, 0.29) is 30.2 Å². The zero-order valence-electron chi connectivity index (χ0n) is 20.2. The van der Waals surface area contributed by atoms with Gasteiger partial charge in [-0.1, -0.05) is 13.8 Å². The number of hydrazone groups is 1. The van der Waals surface area contributed by atoms with E-state index in [0.29, 0.717) is 35.5 Å². The summed E-state index contributed by atoms with van der Waals surface area (Å²) < 4.78 is 39.0. The van der Waals surface area contributed by atoms with Gasteiger partial charge in [-0.25, -0.2) is 0 Å². The van der Waals surface area contributed by atoms with E-state index in [1.54, 1.807) is 0 Å². The second-order valence-corrected chi connectivity index (χ2v) is 12.6. The molecule has 0 amide bonds. The lowest BCUT2D eigenvalue weighted by atomic mass is 9.48. The SMILES string of the molecule is CC1CC(C(=O)CN2CC(C(F)(F)F)C=N2)C2(C)CCC3C4CC[C@@](C)(O)CC4CCC3C12. The zero-order chi connectivity index (χ0) is 23.8. The molecule has 10 atom stereocenters. The largest absolute Gasteiger partial charge is 0.398 e. The van der Waals surface area contributed by atoms with Gasteiger partial charge in [0.1, 0.15) is 5.92 Å². The van der Waals surface area contributed by atoms with E-state index >= 15 is 0 Å². The lowest BCUT2D eigenvalue weighted by molar-refractivity contribution is -0.156. The molecule has 1 aliphatic heterocycles. The number of ketones is 1. The predicted molar refractivity (Wildman–Crippen MR) is 120 cm³/mol. The number of hydrogen-bond acceptors (Lipinski definition) is 4. The summed E-state index contributed by atoms with van der Waals surface area (Å²) in [5.41, 5.74) is -0.573. The van der Waals surface area contributed by atoms with Crippen molar-refractivity contribution >= 4 is 12.0 Å². The predicted octanol–water partition coefficient (Wildman–Crippen LogP) is 5.30. The van der Waals surface area contributed by atoms with Crippen LogP contribution < -0.4 is 0 Å². The molecule has 1 heterocycles. The summed E-state index contributed by atoms with van der Waals surface area (Å²) in [6.07, 6.45) is 4.99. The number of aliphatic hydroxyl groups is 1. The van der Waals surface area contributed by atoms with Crippen LogP contribution in [0.2, 0.25) is 0 Å². The molecule has 4 fully saturated rings. The minimum absolute atomic E-state index is 0.00332.